The maximum Gasteiger partial charge on any atom is 0.268 e. The molecule has 2 aromatic heterocycles. The van der Waals surface area contributed by atoms with Crippen molar-refractivity contribution in [2.24, 2.45) is 0 Å². The van der Waals surface area contributed by atoms with Crippen molar-refractivity contribution >= 4 is 32.5 Å². The topological polar surface area (TPSA) is 70.4 Å². The lowest BCUT2D eigenvalue weighted by Crippen LogP contribution is -2.12. The number of aryl methyl sites for hydroxylation is 1. The summed E-state index contributed by atoms with van der Waals surface area (Å²) in [7, 11) is -2.52. The summed E-state index contributed by atoms with van der Waals surface area (Å²) in [4.78, 5) is 4.28. The van der Waals surface area contributed by atoms with E-state index in [0.717, 1.165) is 15.6 Å². The molecule has 6 nitrogen and oxygen atoms in total. The Morgan fingerprint density at radius 3 is 2.50 bits per heavy atom. The van der Waals surface area contributed by atoms with Crippen molar-refractivity contribution in [1.82, 2.24) is 8.96 Å². The molecule has 0 atom stereocenters. The van der Waals surface area contributed by atoms with E-state index in [1.54, 1.807) is 18.2 Å². The minimum atomic E-state index is -3.91. The molecule has 0 fully saturated rings. The number of hydrogen-bond donors (Lipinski definition) is 0. The summed E-state index contributed by atoms with van der Waals surface area (Å²) in [5.41, 5.74) is 1.15. The van der Waals surface area contributed by atoms with E-state index in [1.807, 2.05) is 6.92 Å². The van der Waals surface area contributed by atoms with E-state index < -0.39 is 15.8 Å². The standard InChI is InChI=1S/C21H16ClFN2O4S/c1-13-3-5-17(6-4-13)30(26,27)25-8-7-18-19(12-24-21(28-2)20(18)25)29-16-10-14(22)9-15(23)11-16/h3-12H,1-2H3. The summed E-state index contributed by atoms with van der Waals surface area (Å²) in [6, 6.07) is 11.8. The molecule has 0 aliphatic rings. The molecular weight excluding hydrogens is 431 g/mol. The first-order valence-electron chi connectivity index (χ1n) is 8.80. The molecule has 2 aromatic carbocycles. The van der Waals surface area contributed by atoms with Crippen LogP contribution in [0, 0.1) is 12.7 Å². The fraction of sp³-hybridized carbons (Fsp3) is 0.0952. The molecule has 0 N–H and O–H groups in total. The van der Waals surface area contributed by atoms with E-state index in [1.165, 1.54) is 43.8 Å². The van der Waals surface area contributed by atoms with Crippen LogP contribution in [0.1, 0.15) is 5.56 Å². The van der Waals surface area contributed by atoms with Gasteiger partial charge in [0.1, 0.15) is 17.1 Å². The van der Waals surface area contributed by atoms with Crippen LogP contribution in [0.15, 0.2) is 65.8 Å². The third-order valence-corrected chi connectivity index (χ3v) is 6.36. The molecule has 0 unspecified atom stereocenters. The van der Waals surface area contributed by atoms with Gasteiger partial charge in [0.25, 0.3) is 10.0 Å². The molecule has 0 bridgehead atoms. The van der Waals surface area contributed by atoms with Crippen molar-refractivity contribution in [3.05, 3.63) is 77.3 Å². The van der Waals surface area contributed by atoms with Crippen molar-refractivity contribution in [3.63, 3.8) is 0 Å². The van der Waals surface area contributed by atoms with E-state index >= 15 is 0 Å². The van der Waals surface area contributed by atoms with Crippen LogP contribution in [0.4, 0.5) is 4.39 Å². The fourth-order valence-corrected chi connectivity index (χ4v) is 4.60. The summed E-state index contributed by atoms with van der Waals surface area (Å²) >= 11 is 5.89. The predicted octanol–water partition coefficient (Wildman–Crippen LogP) is 5.18. The first-order chi connectivity index (χ1) is 14.3. The molecule has 9 heteroatoms. The molecule has 154 valence electrons. The maximum absolute atomic E-state index is 13.7. The van der Waals surface area contributed by atoms with Gasteiger partial charge in [-0.05, 0) is 37.3 Å². The van der Waals surface area contributed by atoms with Gasteiger partial charge in [-0.15, -0.1) is 0 Å². The molecule has 0 radical (unpaired) electrons. The molecule has 4 aromatic rings. The Morgan fingerprint density at radius 1 is 1.10 bits per heavy atom. The fourth-order valence-electron chi connectivity index (χ4n) is 3.04. The Hall–Kier alpha value is -3.10. The highest BCUT2D eigenvalue weighted by molar-refractivity contribution is 7.90. The minimum absolute atomic E-state index is 0.107. The Bertz CT molecular complexity index is 1330. The Balaban J connectivity index is 1.87. The summed E-state index contributed by atoms with van der Waals surface area (Å²) in [5.74, 6) is -0.0715. The monoisotopic (exact) mass is 446 g/mol. The van der Waals surface area contributed by atoms with Gasteiger partial charge in [0.05, 0.1) is 23.6 Å². The normalized spacial score (nSPS) is 11.6. The SMILES string of the molecule is COc1ncc(Oc2cc(F)cc(Cl)c2)c2ccn(S(=O)(=O)c3ccc(C)cc3)c12. The second-order valence-corrected chi connectivity index (χ2v) is 8.78. The first kappa shape index (κ1) is 20.2. The van der Waals surface area contributed by atoms with Gasteiger partial charge in [0, 0.05) is 17.3 Å². The van der Waals surface area contributed by atoms with E-state index in [9.17, 15) is 12.8 Å². The van der Waals surface area contributed by atoms with Crippen LogP contribution < -0.4 is 9.47 Å². The molecular formula is C21H16ClFN2O4S. The van der Waals surface area contributed by atoms with Crippen LogP contribution >= 0.6 is 11.6 Å². The van der Waals surface area contributed by atoms with E-state index in [0.29, 0.717) is 5.39 Å². The average molecular weight is 447 g/mol. The van der Waals surface area contributed by atoms with Crippen LogP contribution in [-0.4, -0.2) is 24.5 Å². The van der Waals surface area contributed by atoms with Crippen LogP contribution in [-0.2, 0) is 10.0 Å². The first-order valence-corrected chi connectivity index (χ1v) is 10.6. The van der Waals surface area contributed by atoms with Crippen LogP contribution in [0.3, 0.4) is 0 Å². The lowest BCUT2D eigenvalue weighted by Gasteiger charge is -2.12. The smallest absolute Gasteiger partial charge is 0.268 e. The number of halogens is 2. The number of aromatic nitrogens is 2. The highest BCUT2D eigenvalue weighted by atomic mass is 35.5. The van der Waals surface area contributed by atoms with Crippen LogP contribution in [0.25, 0.3) is 10.9 Å². The molecule has 0 aliphatic heterocycles. The lowest BCUT2D eigenvalue weighted by molar-refractivity contribution is 0.399. The van der Waals surface area contributed by atoms with Gasteiger partial charge < -0.3 is 9.47 Å². The van der Waals surface area contributed by atoms with Crippen LogP contribution in [0.5, 0.6) is 17.4 Å². The summed E-state index contributed by atoms with van der Waals surface area (Å²) in [6.07, 6.45) is 2.78. The third-order valence-electron chi connectivity index (χ3n) is 4.45. The van der Waals surface area contributed by atoms with Crippen LogP contribution in [0.2, 0.25) is 5.02 Å². The molecule has 0 saturated carbocycles. The van der Waals surface area contributed by atoms with Gasteiger partial charge >= 0.3 is 0 Å². The number of nitrogens with zero attached hydrogens (tertiary/aromatic N) is 2. The molecule has 0 saturated heterocycles. The predicted molar refractivity (Wildman–Crippen MR) is 112 cm³/mol. The molecule has 0 amide bonds. The number of rotatable bonds is 5. The molecule has 30 heavy (non-hydrogen) atoms. The van der Waals surface area contributed by atoms with Gasteiger partial charge in [0.2, 0.25) is 5.88 Å². The van der Waals surface area contributed by atoms with Crippen molar-refractivity contribution in [1.29, 1.82) is 0 Å². The zero-order valence-electron chi connectivity index (χ0n) is 16.0. The second-order valence-electron chi connectivity index (χ2n) is 6.53. The second kappa shape index (κ2) is 7.62. The summed E-state index contributed by atoms with van der Waals surface area (Å²) in [5, 5.41) is 0.597. The van der Waals surface area contributed by atoms with E-state index in [2.05, 4.69) is 4.98 Å². The Kier molecular flexibility index (Phi) is 5.13. The van der Waals surface area contributed by atoms with Crippen molar-refractivity contribution < 1.29 is 22.3 Å². The Labute approximate surface area is 177 Å². The van der Waals surface area contributed by atoms with E-state index in [4.69, 9.17) is 21.1 Å². The number of fused-ring (bicyclic) bond motifs is 1. The van der Waals surface area contributed by atoms with E-state index in [-0.39, 0.29) is 32.8 Å². The zero-order valence-corrected chi connectivity index (χ0v) is 17.5. The third kappa shape index (κ3) is 3.59. The minimum Gasteiger partial charge on any atom is -0.479 e. The van der Waals surface area contributed by atoms with Gasteiger partial charge in [-0.25, -0.2) is 21.8 Å². The molecule has 4 rings (SSSR count). The van der Waals surface area contributed by atoms with Crippen molar-refractivity contribution in [2.75, 3.05) is 7.11 Å². The number of ether oxygens (including phenoxy) is 2. The summed E-state index contributed by atoms with van der Waals surface area (Å²) in [6.45, 7) is 1.87. The number of pyridine rings is 1. The maximum atomic E-state index is 13.7. The van der Waals surface area contributed by atoms with Gasteiger partial charge in [-0.3, -0.25) is 0 Å². The Morgan fingerprint density at radius 2 is 1.83 bits per heavy atom. The lowest BCUT2D eigenvalue weighted by atomic mass is 10.2. The van der Waals surface area contributed by atoms with Gasteiger partial charge in [0.15, 0.2) is 5.75 Å². The van der Waals surface area contributed by atoms with Crippen molar-refractivity contribution in [3.8, 4) is 17.4 Å². The van der Waals surface area contributed by atoms with Gasteiger partial charge in [-0.2, -0.15) is 0 Å². The van der Waals surface area contributed by atoms with Gasteiger partial charge in [-0.1, -0.05) is 29.3 Å². The average Bonchev–Trinajstić information content (AvgIpc) is 3.14. The number of benzene rings is 2. The highest BCUT2D eigenvalue weighted by Gasteiger charge is 2.23. The molecule has 0 spiro atoms. The number of hydrogen-bond acceptors (Lipinski definition) is 5. The summed E-state index contributed by atoms with van der Waals surface area (Å²) < 4.78 is 52.2. The highest BCUT2D eigenvalue weighted by Crippen LogP contribution is 2.37. The number of methoxy groups -OCH3 is 1. The largest absolute Gasteiger partial charge is 0.479 e. The van der Waals surface area contributed by atoms with Crippen molar-refractivity contribution in [2.45, 2.75) is 11.8 Å². The molecule has 2 heterocycles. The zero-order chi connectivity index (χ0) is 21.5. The quantitative estimate of drug-likeness (QED) is 0.422. The molecule has 0 aliphatic carbocycles.